The molecule has 0 saturated carbocycles. The van der Waals surface area contributed by atoms with Crippen molar-refractivity contribution in [3.63, 3.8) is 0 Å². The van der Waals surface area contributed by atoms with Crippen LogP contribution in [0.4, 0.5) is 5.69 Å². The van der Waals surface area contributed by atoms with E-state index in [1.807, 2.05) is 18.2 Å². The van der Waals surface area contributed by atoms with Gasteiger partial charge < -0.3 is 14.8 Å². The Balaban J connectivity index is 2.71. The zero-order chi connectivity index (χ0) is 12.0. The Kier molecular flexibility index (Phi) is 4.64. The molecule has 88 valence electrons. The molecule has 0 radical (unpaired) electrons. The number of carbonyl (C=O) groups excluding carboxylic acids is 1. The molecule has 0 saturated heterocycles. The first-order valence-corrected chi connectivity index (χ1v) is 5.18. The number of hydrogen-bond donors (Lipinski definition) is 1. The standard InChI is InChI=1S/C12H17NO3/c1-4-9-7-10(5-6-11(9)15-2)13-8-12(14)16-3/h5-7,13H,4,8H2,1-3H3. The van der Waals surface area contributed by atoms with Crippen LogP contribution in [-0.2, 0) is 16.0 Å². The highest BCUT2D eigenvalue weighted by Crippen LogP contribution is 2.22. The van der Waals surface area contributed by atoms with Crippen molar-refractivity contribution >= 4 is 11.7 Å². The summed E-state index contributed by atoms with van der Waals surface area (Å²) in [4.78, 5) is 11.0. The molecule has 0 unspecified atom stereocenters. The number of hydrogen-bond acceptors (Lipinski definition) is 4. The summed E-state index contributed by atoms with van der Waals surface area (Å²) < 4.78 is 9.77. The highest BCUT2D eigenvalue weighted by Gasteiger charge is 2.04. The second kappa shape index (κ2) is 6.00. The minimum absolute atomic E-state index is 0.173. The maximum atomic E-state index is 11.0. The van der Waals surface area contributed by atoms with Gasteiger partial charge in [-0.25, -0.2) is 0 Å². The average molecular weight is 223 g/mol. The lowest BCUT2D eigenvalue weighted by Gasteiger charge is -2.10. The van der Waals surface area contributed by atoms with Gasteiger partial charge in [-0.15, -0.1) is 0 Å². The molecule has 16 heavy (non-hydrogen) atoms. The topological polar surface area (TPSA) is 47.6 Å². The molecule has 0 aliphatic carbocycles. The van der Waals surface area contributed by atoms with E-state index in [9.17, 15) is 4.79 Å². The van der Waals surface area contributed by atoms with Crippen LogP contribution in [0.1, 0.15) is 12.5 Å². The van der Waals surface area contributed by atoms with Crippen LogP contribution in [0.2, 0.25) is 0 Å². The summed E-state index contributed by atoms with van der Waals surface area (Å²) in [5.41, 5.74) is 2.00. The number of carbonyl (C=O) groups is 1. The molecule has 0 heterocycles. The van der Waals surface area contributed by atoms with Crippen molar-refractivity contribution in [2.75, 3.05) is 26.1 Å². The van der Waals surface area contributed by atoms with E-state index in [0.29, 0.717) is 0 Å². The predicted molar refractivity (Wildman–Crippen MR) is 62.9 cm³/mol. The van der Waals surface area contributed by atoms with E-state index in [4.69, 9.17) is 4.74 Å². The first-order valence-electron chi connectivity index (χ1n) is 5.18. The van der Waals surface area contributed by atoms with Crippen LogP contribution in [0.5, 0.6) is 5.75 Å². The zero-order valence-electron chi connectivity index (χ0n) is 9.87. The van der Waals surface area contributed by atoms with Gasteiger partial charge >= 0.3 is 5.97 Å². The van der Waals surface area contributed by atoms with E-state index < -0.39 is 0 Å². The summed E-state index contributed by atoms with van der Waals surface area (Å²) in [7, 11) is 3.02. The van der Waals surface area contributed by atoms with Gasteiger partial charge in [0, 0.05) is 5.69 Å². The van der Waals surface area contributed by atoms with Crippen molar-refractivity contribution in [3.05, 3.63) is 23.8 Å². The summed E-state index contributed by atoms with van der Waals surface area (Å²) in [6.07, 6.45) is 0.886. The zero-order valence-corrected chi connectivity index (χ0v) is 9.87. The fraction of sp³-hybridized carbons (Fsp3) is 0.417. The van der Waals surface area contributed by atoms with Crippen LogP contribution < -0.4 is 10.1 Å². The van der Waals surface area contributed by atoms with Gasteiger partial charge in [0.15, 0.2) is 0 Å². The Hall–Kier alpha value is -1.71. The van der Waals surface area contributed by atoms with Crippen molar-refractivity contribution in [3.8, 4) is 5.75 Å². The van der Waals surface area contributed by atoms with Gasteiger partial charge in [0.2, 0.25) is 0 Å². The van der Waals surface area contributed by atoms with Gasteiger partial charge in [-0.1, -0.05) is 6.92 Å². The van der Waals surface area contributed by atoms with Crippen LogP contribution in [0.25, 0.3) is 0 Å². The summed E-state index contributed by atoms with van der Waals surface area (Å²) in [5, 5.41) is 2.99. The molecule has 0 aliphatic rings. The molecule has 0 atom stereocenters. The van der Waals surface area contributed by atoms with Crippen molar-refractivity contribution < 1.29 is 14.3 Å². The van der Waals surface area contributed by atoms with Crippen LogP contribution in [0.3, 0.4) is 0 Å². The van der Waals surface area contributed by atoms with Gasteiger partial charge in [0.05, 0.1) is 14.2 Å². The normalized spacial score (nSPS) is 9.69. The lowest BCUT2D eigenvalue weighted by atomic mass is 10.1. The quantitative estimate of drug-likeness (QED) is 0.774. The number of benzene rings is 1. The van der Waals surface area contributed by atoms with Crippen molar-refractivity contribution in [1.29, 1.82) is 0 Å². The van der Waals surface area contributed by atoms with Gasteiger partial charge in [-0.3, -0.25) is 4.79 Å². The molecular formula is C12H17NO3. The van der Waals surface area contributed by atoms with Gasteiger partial charge in [-0.2, -0.15) is 0 Å². The van der Waals surface area contributed by atoms with Crippen molar-refractivity contribution in [1.82, 2.24) is 0 Å². The Morgan fingerprint density at radius 1 is 1.38 bits per heavy atom. The Labute approximate surface area is 95.6 Å². The third-order valence-electron chi connectivity index (χ3n) is 2.33. The molecular weight excluding hydrogens is 206 g/mol. The molecule has 0 amide bonds. The molecule has 1 aromatic carbocycles. The molecule has 1 N–H and O–H groups in total. The van der Waals surface area contributed by atoms with Gasteiger partial charge in [0.25, 0.3) is 0 Å². The first kappa shape index (κ1) is 12.4. The first-order chi connectivity index (χ1) is 7.71. The molecule has 4 heteroatoms. The van der Waals surface area contributed by atoms with Gasteiger partial charge in [0.1, 0.15) is 12.3 Å². The molecule has 0 spiro atoms. The Bertz CT molecular complexity index is 363. The second-order valence-electron chi connectivity index (χ2n) is 3.31. The van der Waals surface area contributed by atoms with Gasteiger partial charge in [-0.05, 0) is 30.2 Å². The monoisotopic (exact) mass is 223 g/mol. The maximum Gasteiger partial charge on any atom is 0.325 e. The van der Waals surface area contributed by atoms with E-state index in [1.54, 1.807) is 7.11 Å². The SMILES string of the molecule is CCc1cc(NCC(=O)OC)ccc1OC. The molecule has 0 bridgehead atoms. The lowest BCUT2D eigenvalue weighted by Crippen LogP contribution is -2.15. The fourth-order valence-corrected chi connectivity index (χ4v) is 1.41. The largest absolute Gasteiger partial charge is 0.496 e. The van der Waals surface area contributed by atoms with Crippen LogP contribution >= 0.6 is 0 Å². The predicted octanol–water partition coefficient (Wildman–Crippen LogP) is 1.84. The third-order valence-corrected chi connectivity index (χ3v) is 2.33. The summed E-state index contributed by atoms with van der Waals surface area (Å²) in [5.74, 6) is 0.583. The number of rotatable bonds is 5. The fourth-order valence-electron chi connectivity index (χ4n) is 1.41. The Morgan fingerprint density at radius 3 is 2.69 bits per heavy atom. The molecule has 4 nitrogen and oxygen atoms in total. The second-order valence-corrected chi connectivity index (χ2v) is 3.31. The highest BCUT2D eigenvalue weighted by molar-refractivity contribution is 5.74. The third kappa shape index (κ3) is 3.15. The minimum Gasteiger partial charge on any atom is -0.496 e. The van der Waals surface area contributed by atoms with Crippen LogP contribution in [0.15, 0.2) is 18.2 Å². The number of nitrogens with one attached hydrogen (secondary N) is 1. The van der Waals surface area contributed by atoms with Crippen LogP contribution in [0, 0.1) is 0 Å². The number of anilines is 1. The number of esters is 1. The van der Waals surface area contributed by atoms with E-state index in [2.05, 4.69) is 17.0 Å². The van der Waals surface area contributed by atoms with E-state index in [0.717, 1.165) is 23.4 Å². The summed E-state index contributed by atoms with van der Waals surface area (Å²) >= 11 is 0. The van der Waals surface area contributed by atoms with Crippen molar-refractivity contribution in [2.45, 2.75) is 13.3 Å². The summed E-state index contributed by atoms with van der Waals surface area (Å²) in [6, 6.07) is 5.74. The van der Waals surface area contributed by atoms with E-state index in [-0.39, 0.29) is 12.5 Å². The number of methoxy groups -OCH3 is 2. The number of aryl methyl sites for hydroxylation is 1. The molecule has 0 fully saturated rings. The van der Waals surface area contributed by atoms with Crippen LogP contribution in [-0.4, -0.2) is 26.7 Å². The Morgan fingerprint density at radius 2 is 2.12 bits per heavy atom. The molecule has 1 aromatic rings. The molecule has 0 aliphatic heterocycles. The summed E-state index contributed by atoms with van der Waals surface area (Å²) in [6.45, 7) is 2.23. The van der Waals surface area contributed by atoms with E-state index >= 15 is 0 Å². The minimum atomic E-state index is -0.283. The molecule has 1 rings (SSSR count). The smallest absolute Gasteiger partial charge is 0.325 e. The lowest BCUT2D eigenvalue weighted by molar-refractivity contribution is -0.138. The molecule has 0 aromatic heterocycles. The maximum absolute atomic E-state index is 11.0. The average Bonchev–Trinajstić information content (AvgIpc) is 2.35. The number of ether oxygens (including phenoxy) is 2. The van der Waals surface area contributed by atoms with Crippen molar-refractivity contribution in [2.24, 2.45) is 0 Å². The highest BCUT2D eigenvalue weighted by atomic mass is 16.5. The van der Waals surface area contributed by atoms with E-state index in [1.165, 1.54) is 7.11 Å².